The van der Waals surface area contributed by atoms with Crippen LogP contribution in [-0.4, -0.2) is 34.7 Å². The molecule has 3 aliphatic carbocycles. The topological polar surface area (TPSA) is 102 Å². The first-order chi connectivity index (χ1) is 29.2. The molecule has 280 valence electrons. The number of fused-ring (bicyclic) bond motifs is 9. The standard InChI is InChI=1S/C54H28O6/c55-49-43-7-3-1-5-37(43)39-21-17-33(25-45(39)51(49)57)29-9-13-31(14-10-29)35-19-23-41-42-24-20-36(28-48(42)54(60)53(59)47(41)27-35)32-15-11-30(12-16-32)34-18-22-40-38-6-2-4-8-44(38)50(56)52(58)46(40)26-34/h1-28H. The number of rotatable bonds is 4. The number of carbonyl (C=O) groups excluding carboxylic acids is 6. The van der Waals surface area contributed by atoms with Crippen molar-refractivity contribution in [2.75, 3.05) is 0 Å². The van der Waals surface area contributed by atoms with Gasteiger partial charge in [0.25, 0.3) is 0 Å². The van der Waals surface area contributed by atoms with E-state index in [4.69, 9.17) is 0 Å². The molecule has 0 amide bonds. The number of hydrogen-bond acceptors (Lipinski definition) is 6. The Morgan fingerprint density at radius 1 is 0.167 bits per heavy atom. The maximum Gasteiger partial charge on any atom is 0.234 e. The van der Waals surface area contributed by atoms with Gasteiger partial charge in [0.15, 0.2) is 0 Å². The van der Waals surface area contributed by atoms with Crippen LogP contribution in [0.3, 0.4) is 0 Å². The van der Waals surface area contributed by atoms with E-state index in [-0.39, 0.29) is 0 Å². The van der Waals surface area contributed by atoms with Crippen LogP contribution in [0.1, 0.15) is 62.1 Å². The van der Waals surface area contributed by atoms with Gasteiger partial charge in [-0.1, -0.05) is 146 Å². The second-order valence-electron chi connectivity index (χ2n) is 15.3. The lowest BCUT2D eigenvalue weighted by Crippen LogP contribution is -2.21. The van der Waals surface area contributed by atoms with Crippen molar-refractivity contribution in [1.82, 2.24) is 0 Å². The molecule has 3 aliphatic rings. The van der Waals surface area contributed by atoms with E-state index in [0.717, 1.165) is 66.8 Å². The molecule has 0 saturated heterocycles. The quantitative estimate of drug-likeness (QED) is 0.165. The SMILES string of the molecule is O=C1C(=O)c2cc(-c3ccc(-c4ccc5c(c4)C(=O)C(=O)c4cc(-c6ccc(-c7ccc8c(c7)C(=O)C(=O)c7ccccc7-8)cc6)ccc4-5)cc3)ccc2-c2ccccc21. The Morgan fingerprint density at radius 3 is 0.600 bits per heavy atom. The second kappa shape index (κ2) is 13.2. The largest absolute Gasteiger partial charge is 0.285 e. The van der Waals surface area contributed by atoms with Gasteiger partial charge in [0, 0.05) is 33.4 Å². The summed E-state index contributed by atoms with van der Waals surface area (Å²) in [6.07, 6.45) is 0. The molecule has 0 bridgehead atoms. The highest BCUT2D eigenvalue weighted by Gasteiger charge is 2.33. The minimum Gasteiger partial charge on any atom is -0.285 e. The zero-order chi connectivity index (χ0) is 40.8. The summed E-state index contributed by atoms with van der Waals surface area (Å²) >= 11 is 0. The van der Waals surface area contributed by atoms with Crippen molar-refractivity contribution in [1.29, 1.82) is 0 Å². The number of benzene rings is 8. The van der Waals surface area contributed by atoms with Crippen LogP contribution in [0.15, 0.2) is 170 Å². The minimum absolute atomic E-state index is 0.345. The zero-order valence-electron chi connectivity index (χ0n) is 31.6. The molecule has 0 unspecified atom stereocenters. The Balaban J connectivity index is 0.855. The molecule has 8 aromatic carbocycles. The van der Waals surface area contributed by atoms with Crippen molar-refractivity contribution in [2.24, 2.45) is 0 Å². The number of ketones is 6. The summed E-state index contributed by atoms with van der Waals surface area (Å²) in [5.41, 5.74) is 13.3. The zero-order valence-corrected chi connectivity index (χ0v) is 31.6. The Labute approximate surface area is 343 Å². The van der Waals surface area contributed by atoms with Crippen LogP contribution in [-0.2, 0) is 0 Å². The van der Waals surface area contributed by atoms with Crippen molar-refractivity contribution >= 4 is 34.7 Å². The first-order valence-electron chi connectivity index (χ1n) is 19.5. The molecule has 0 spiro atoms. The fourth-order valence-electron chi connectivity index (χ4n) is 8.86. The molecule has 0 radical (unpaired) electrons. The predicted molar refractivity (Wildman–Crippen MR) is 230 cm³/mol. The van der Waals surface area contributed by atoms with Crippen LogP contribution in [0, 0.1) is 0 Å². The second-order valence-corrected chi connectivity index (χ2v) is 15.3. The monoisotopic (exact) mass is 772 g/mol. The number of hydrogen-bond donors (Lipinski definition) is 0. The van der Waals surface area contributed by atoms with Crippen molar-refractivity contribution in [3.63, 3.8) is 0 Å². The summed E-state index contributed by atoms with van der Waals surface area (Å²) in [6.45, 7) is 0. The molecule has 0 atom stereocenters. The molecular formula is C54H28O6. The molecule has 0 N–H and O–H groups in total. The molecule has 0 aliphatic heterocycles. The fraction of sp³-hybridized carbons (Fsp3) is 0. The van der Waals surface area contributed by atoms with Crippen molar-refractivity contribution in [3.05, 3.63) is 203 Å². The van der Waals surface area contributed by atoms with Crippen LogP contribution < -0.4 is 0 Å². The lowest BCUT2D eigenvalue weighted by molar-refractivity contribution is 0.0815. The molecule has 0 aromatic heterocycles. The molecule has 0 saturated carbocycles. The molecule has 0 heterocycles. The lowest BCUT2D eigenvalue weighted by atomic mass is 9.81. The van der Waals surface area contributed by atoms with E-state index in [9.17, 15) is 28.8 Å². The van der Waals surface area contributed by atoms with Gasteiger partial charge in [-0.15, -0.1) is 0 Å². The van der Waals surface area contributed by atoms with Gasteiger partial charge in [0.1, 0.15) is 0 Å². The smallest absolute Gasteiger partial charge is 0.234 e. The van der Waals surface area contributed by atoms with Gasteiger partial charge in [-0.3, -0.25) is 28.8 Å². The highest BCUT2D eigenvalue weighted by Crippen LogP contribution is 2.41. The third-order valence-electron chi connectivity index (χ3n) is 12.0. The van der Waals surface area contributed by atoms with E-state index >= 15 is 0 Å². The molecule has 6 heteroatoms. The normalized spacial score (nSPS) is 13.5. The molecule has 6 nitrogen and oxygen atoms in total. The summed E-state index contributed by atoms with van der Waals surface area (Å²) < 4.78 is 0. The van der Waals surface area contributed by atoms with Gasteiger partial charge >= 0.3 is 0 Å². The van der Waals surface area contributed by atoms with E-state index in [0.29, 0.717) is 44.5 Å². The van der Waals surface area contributed by atoms with Crippen LogP contribution in [0.2, 0.25) is 0 Å². The average molecular weight is 773 g/mol. The van der Waals surface area contributed by atoms with Crippen molar-refractivity contribution in [2.45, 2.75) is 0 Å². The molecular weight excluding hydrogens is 745 g/mol. The minimum atomic E-state index is -0.568. The fourth-order valence-corrected chi connectivity index (χ4v) is 8.86. The average Bonchev–Trinajstić information content (AvgIpc) is 3.31. The van der Waals surface area contributed by atoms with E-state index in [2.05, 4.69) is 0 Å². The summed E-state index contributed by atoms with van der Waals surface area (Å²) in [5.74, 6) is -3.18. The number of Topliss-reactive ketones (excluding diaryl/α,β-unsaturated/α-hetero) is 6. The predicted octanol–water partition coefficient (Wildman–Crippen LogP) is 11.5. The molecule has 0 fully saturated rings. The lowest BCUT2D eigenvalue weighted by Gasteiger charge is -2.20. The Kier molecular flexibility index (Phi) is 7.67. The Bertz CT molecular complexity index is 3070. The molecule has 60 heavy (non-hydrogen) atoms. The maximum atomic E-state index is 13.7. The van der Waals surface area contributed by atoms with Crippen LogP contribution in [0.4, 0.5) is 0 Å². The van der Waals surface area contributed by atoms with Crippen molar-refractivity contribution in [3.8, 4) is 77.9 Å². The van der Waals surface area contributed by atoms with Crippen LogP contribution in [0.25, 0.3) is 77.9 Å². The van der Waals surface area contributed by atoms with Crippen LogP contribution in [0.5, 0.6) is 0 Å². The highest BCUT2D eigenvalue weighted by molar-refractivity contribution is 6.54. The Morgan fingerprint density at radius 2 is 0.350 bits per heavy atom. The third kappa shape index (κ3) is 5.28. The first kappa shape index (κ1) is 35.0. The van der Waals surface area contributed by atoms with Gasteiger partial charge in [-0.2, -0.15) is 0 Å². The van der Waals surface area contributed by atoms with Gasteiger partial charge in [0.2, 0.25) is 34.7 Å². The molecule has 8 aromatic rings. The third-order valence-corrected chi connectivity index (χ3v) is 12.0. The number of carbonyl (C=O) groups is 6. The maximum absolute atomic E-state index is 13.7. The molecule has 11 rings (SSSR count). The van der Waals surface area contributed by atoms with Crippen molar-refractivity contribution < 1.29 is 28.8 Å². The van der Waals surface area contributed by atoms with Gasteiger partial charge in [0.05, 0.1) is 0 Å². The van der Waals surface area contributed by atoms with E-state index in [1.54, 1.807) is 48.5 Å². The van der Waals surface area contributed by atoms with Gasteiger partial charge in [-0.25, -0.2) is 0 Å². The summed E-state index contributed by atoms with van der Waals surface area (Å²) in [6, 6.07) is 52.2. The van der Waals surface area contributed by atoms with E-state index in [1.807, 2.05) is 121 Å². The van der Waals surface area contributed by atoms with Gasteiger partial charge < -0.3 is 0 Å². The highest BCUT2D eigenvalue weighted by atomic mass is 16.2. The van der Waals surface area contributed by atoms with Crippen LogP contribution >= 0.6 is 0 Å². The first-order valence-corrected chi connectivity index (χ1v) is 19.5. The van der Waals surface area contributed by atoms with E-state index in [1.165, 1.54) is 0 Å². The summed E-state index contributed by atoms with van der Waals surface area (Å²) in [5, 5.41) is 0. The van der Waals surface area contributed by atoms with E-state index < -0.39 is 34.7 Å². The summed E-state index contributed by atoms with van der Waals surface area (Å²) in [4.78, 5) is 79.1. The Hall–Kier alpha value is -8.22. The van der Waals surface area contributed by atoms with Gasteiger partial charge in [-0.05, 0) is 102 Å². The summed E-state index contributed by atoms with van der Waals surface area (Å²) in [7, 11) is 0.